The molecule has 3 N–H and O–H groups in total. The van der Waals surface area contributed by atoms with Crippen LogP contribution in [-0.4, -0.2) is 20.6 Å². The van der Waals surface area contributed by atoms with E-state index in [1.165, 1.54) is 32.1 Å². The van der Waals surface area contributed by atoms with Crippen LogP contribution in [0.5, 0.6) is 0 Å². The van der Waals surface area contributed by atoms with Crippen LogP contribution in [0.2, 0.25) is 0 Å². The maximum atomic E-state index is 11.4. The fraction of sp³-hybridized carbons (Fsp3) is 0.846. The van der Waals surface area contributed by atoms with Crippen molar-refractivity contribution in [2.75, 3.05) is 5.90 Å². The number of hydrogen-bond acceptors (Lipinski definition) is 2. The Labute approximate surface area is 121 Å². The zero-order chi connectivity index (χ0) is 15.5. The molecule has 0 heterocycles. The Bertz CT molecular complexity index is 405. The van der Waals surface area contributed by atoms with Gasteiger partial charge in [0.15, 0.2) is 0 Å². The molecule has 0 rings (SSSR count). The van der Waals surface area contributed by atoms with E-state index in [0.717, 1.165) is 19.3 Å². The second kappa shape index (κ2) is 10.6. The van der Waals surface area contributed by atoms with Crippen LogP contribution in [0.25, 0.3) is 0 Å². The van der Waals surface area contributed by atoms with E-state index in [9.17, 15) is 14.0 Å². The second-order valence-corrected chi connectivity index (χ2v) is 9.11. The Morgan fingerprint density at radius 3 is 1.85 bits per heavy atom. The minimum atomic E-state index is -4.48. The number of hydrogen-bond donors (Lipinski definition) is 3. The topological polar surface area (TPSA) is 94.8 Å². The molecule has 7 heteroatoms. The molecule has 1 atom stereocenters. The SMILES string of the molecule is CCCCCCCCCCC#CP(=O)(O)CP(=O)(O)O. The highest BCUT2D eigenvalue weighted by Crippen LogP contribution is 2.53. The average Bonchev–Trinajstić information content (AvgIpc) is 2.28. The van der Waals surface area contributed by atoms with Gasteiger partial charge in [-0.05, 0) is 12.1 Å². The maximum absolute atomic E-state index is 11.4. The van der Waals surface area contributed by atoms with E-state index in [1.807, 2.05) is 0 Å². The van der Waals surface area contributed by atoms with Crippen molar-refractivity contribution < 1.29 is 23.8 Å². The van der Waals surface area contributed by atoms with E-state index in [-0.39, 0.29) is 0 Å². The van der Waals surface area contributed by atoms with Gasteiger partial charge in [-0.25, -0.2) is 0 Å². The lowest BCUT2D eigenvalue weighted by molar-refractivity contribution is 0.376. The van der Waals surface area contributed by atoms with Crippen molar-refractivity contribution in [2.24, 2.45) is 0 Å². The maximum Gasteiger partial charge on any atom is 0.336 e. The van der Waals surface area contributed by atoms with Gasteiger partial charge >= 0.3 is 7.60 Å². The third kappa shape index (κ3) is 14.3. The first kappa shape index (κ1) is 19.9. The van der Waals surface area contributed by atoms with Gasteiger partial charge in [0.25, 0.3) is 7.37 Å². The molecule has 0 spiro atoms. The van der Waals surface area contributed by atoms with Gasteiger partial charge in [-0.15, -0.1) is 0 Å². The quantitative estimate of drug-likeness (QED) is 0.322. The number of rotatable bonds is 10. The molecule has 20 heavy (non-hydrogen) atoms. The van der Waals surface area contributed by atoms with Gasteiger partial charge in [0.1, 0.15) is 5.90 Å². The summed E-state index contributed by atoms with van der Waals surface area (Å²) in [6.07, 6.45) is 9.82. The van der Waals surface area contributed by atoms with Crippen molar-refractivity contribution in [2.45, 2.75) is 64.7 Å². The van der Waals surface area contributed by atoms with E-state index >= 15 is 0 Å². The summed E-state index contributed by atoms with van der Waals surface area (Å²) in [5, 5.41) is 0. The second-order valence-electron chi connectivity index (χ2n) is 5.02. The summed E-state index contributed by atoms with van der Waals surface area (Å²) in [5.74, 6) is 1.50. The van der Waals surface area contributed by atoms with Crippen molar-refractivity contribution in [3.63, 3.8) is 0 Å². The zero-order valence-corrected chi connectivity index (χ0v) is 13.9. The molecule has 0 saturated carbocycles. The highest BCUT2D eigenvalue weighted by Gasteiger charge is 2.27. The largest absolute Gasteiger partial charge is 0.336 e. The summed E-state index contributed by atoms with van der Waals surface area (Å²) in [6, 6.07) is 0. The standard InChI is InChI=1S/C13H26O5P2/c1-2-3-4-5-6-7-8-9-10-11-12-19(14,15)13-20(16,17)18/h2-10,13H2,1H3,(H,14,15)(H2,16,17,18). The van der Waals surface area contributed by atoms with Gasteiger partial charge in [-0.2, -0.15) is 0 Å². The summed E-state index contributed by atoms with van der Waals surface area (Å²) >= 11 is 0. The van der Waals surface area contributed by atoms with E-state index in [4.69, 9.17) is 9.79 Å². The van der Waals surface area contributed by atoms with Crippen molar-refractivity contribution in [1.82, 2.24) is 0 Å². The normalized spacial score (nSPS) is 14.4. The first-order valence-corrected chi connectivity index (χ1v) is 10.8. The predicted octanol–water partition coefficient (Wildman–Crippen LogP) is 3.88. The summed E-state index contributed by atoms with van der Waals surface area (Å²) in [5.41, 5.74) is 2.10. The van der Waals surface area contributed by atoms with Crippen molar-refractivity contribution in [1.29, 1.82) is 0 Å². The van der Waals surface area contributed by atoms with Gasteiger partial charge in [0.05, 0.1) is 0 Å². The monoisotopic (exact) mass is 324 g/mol. The summed E-state index contributed by atoms with van der Waals surface area (Å²) in [6.45, 7) is 2.19. The molecule has 0 amide bonds. The Hall–Kier alpha value is -0.100. The molecule has 0 aliphatic carbocycles. The van der Waals surface area contributed by atoms with Crippen molar-refractivity contribution in [3.05, 3.63) is 0 Å². The van der Waals surface area contributed by atoms with Crippen LogP contribution in [0, 0.1) is 11.6 Å². The molecule has 1 unspecified atom stereocenters. The molecule has 0 aromatic heterocycles. The molecule has 118 valence electrons. The lowest BCUT2D eigenvalue weighted by atomic mass is 10.1. The summed E-state index contributed by atoms with van der Waals surface area (Å²) < 4.78 is 22.0. The van der Waals surface area contributed by atoms with E-state index < -0.39 is 20.9 Å². The Morgan fingerprint density at radius 1 is 0.850 bits per heavy atom. The molecule has 0 fully saturated rings. The predicted molar refractivity (Wildman–Crippen MR) is 81.7 cm³/mol. The Balaban J connectivity index is 3.68. The first-order valence-electron chi connectivity index (χ1n) is 7.13. The molecule has 0 saturated heterocycles. The Morgan fingerprint density at radius 2 is 1.35 bits per heavy atom. The Kier molecular flexibility index (Phi) is 10.5. The van der Waals surface area contributed by atoms with Crippen LogP contribution in [0.15, 0.2) is 0 Å². The minimum Gasteiger partial charge on any atom is -0.335 e. The van der Waals surface area contributed by atoms with Gasteiger partial charge in [0.2, 0.25) is 0 Å². The first-order chi connectivity index (χ1) is 9.27. The van der Waals surface area contributed by atoms with Crippen LogP contribution in [-0.2, 0) is 9.13 Å². The van der Waals surface area contributed by atoms with E-state index in [1.54, 1.807) is 0 Å². The zero-order valence-electron chi connectivity index (χ0n) is 12.1. The molecule has 0 aromatic rings. The third-order valence-electron chi connectivity index (χ3n) is 2.79. The molecular formula is C13H26O5P2. The minimum absolute atomic E-state index is 0.501. The van der Waals surface area contributed by atoms with Gasteiger partial charge < -0.3 is 14.7 Å². The van der Waals surface area contributed by atoms with Crippen LogP contribution >= 0.6 is 15.0 Å². The molecule has 5 nitrogen and oxygen atoms in total. The number of unbranched alkanes of at least 4 members (excludes halogenated alkanes) is 8. The molecule has 0 bridgehead atoms. The van der Waals surface area contributed by atoms with Crippen molar-refractivity contribution >= 4 is 15.0 Å². The third-order valence-corrected chi connectivity index (χ3v) is 6.30. The smallest absolute Gasteiger partial charge is 0.335 e. The average molecular weight is 324 g/mol. The fourth-order valence-corrected chi connectivity index (χ4v) is 4.45. The highest BCUT2D eigenvalue weighted by molar-refractivity contribution is 7.75. The lowest BCUT2D eigenvalue weighted by Crippen LogP contribution is -1.88. The molecular weight excluding hydrogens is 298 g/mol. The fourth-order valence-electron chi connectivity index (χ4n) is 1.81. The summed E-state index contributed by atoms with van der Waals surface area (Å²) in [4.78, 5) is 26.5. The molecule has 0 aliphatic rings. The van der Waals surface area contributed by atoms with Crippen LogP contribution in [0.4, 0.5) is 0 Å². The van der Waals surface area contributed by atoms with Crippen LogP contribution in [0.1, 0.15) is 64.7 Å². The highest BCUT2D eigenvalue weighted by atomic mass is 31.2. The molecule has 0 radical (unpaired) electrons. The van der Waals surface area contributed by atoms with Gasteiger partial charge in [0, 0.05) is 6.42 Å². The van der Waals surface area contributed by atoms with Crippen LogP contribution < -0.4 is 0 Å². The van der Waals surface area contributed by atoms with Gasteiger partial charge in [-0.3, -0.25) is 9.13 Å². The summed E-state index contributed by atoms with van der Waals surface area (Å²) in [7, 11) is -8.49. The molecule has 0 aliphatic heterocycles. The van der Waals surface area contributed by atoms with Gasteiger partial charge in [-0.1, -0.05) is 57.8 Å². The van der Waals surface area contributed by atoms with Crippen molar-refractivity contribution in [3.8, 4) is 11.6 Å². The molecule has 0 aromatic carbocycles. The van der Waals surface area contributed by atoms with Crippen LogP contribution in [0.3, 0.4) is 0 Å². The van der Waals surface area contributed by atoms with E-state index in [0.29, 0.717) is 6.42 Å². The van der Waals surface area contributed by atoms with E-state index in [2.05, 4.69) is 18.5 Å². The lowest BCUT2D eigenvalue weighted by Gasteiger charge is -2.05.